The van der Waals surface area contributed by atoms with Crippen molar-refractivity contribution in [2.24, 2.45) is 11.3 Å². The van der Waals surface area contributed by atoms with Crippen LogP contribution >= 0.6 is 0 Å². The van der Waals surface area contributed by atoms with E-state index in [1.807, 2.05) is 23.9 Å². The molecule has 1 saturated heterocycles. The maximum absolute atomic E-state index is 12.8. The standard InChI is InChI=1S/C18H26N4O4/c1-2-26-14-9-13(15(14)22-8-4-7-19-22)20-17(25)21-10-12-5-3-6-18(12,11-21)16(23)24/h4,7-8,12-15H,2-3,5-6,9-11H2,1H3,(H,20,25)(H,23,24)/t12-,13?,14?,15?,18+/m0/s1. The SMILES string of the molecule is CCOC1CC(NC(=O)N2C[C@@H]3CCC[C@@]3(C(=O)O)C2)C1n1cccn1. The van der Waals surface area contributed by atoms with Crippen LogP contribution in [0.1, 0.15) is 38.6 Å². The Morgan fingerprint density at radius 1 is 1.46 bits per heavy atom. The monoisotopic (exact) mass is 362 g/mol. The summed E-state index contributed by atoms with van der Waals surface area (Å²) < 4.78 is 7.60. The maximum Gasteiger partial charge on any atom is 0.317 e. The minimum Gasteiger partial charge on any atom is -0.481 e. The van der Waals surface area contributed by atoms with Gasteiger partial charge in [0.25, 0.3) is 0 Å². The maximum atomic E-state index is 12.8. The van der Waals surface area contributed by atoms with Crippen molar-refractivity contribution in [3.63, 3.8) is 0 Å². The van der Waals surface area contributed by atoms with Gasteiger partial charge in [-0.05, 0) is 38.2 Å². The van der Waals surface area contributed by atoms with Crippen LogP contribution in [0.4, 0.5) is 4.79 Å². The molecule has 0 spiro atoms. The molecule has 2 amide bonds. The van der Waals surface area contributed by atoms with Crippen molar-refractivity contribution in [1.29, 1.82) is 0 Å². The van der Waals surface area contributed by atoms with Crippen LogP contribution in [-0.2, 0) is 9.53 Å². The molecule has 3 unspecified atom stereocenters. The zero-order valence-corrected chi connectivity index (χ0v) is 15.0. The van der Waals surface area contributed by atoms with Crippen LogP contribution < -0.4 is 5.32 Å². The van der Waals surface area contributed by atoms with Crippen LogP contribution in [0.5, 0.6) is 0 Å². The van der Waals surface area contributed by atoms with E-state index < -0.39 is 11.4 Å². The first-order chi connectivity index (χ1) is 12.5. The van der Waals surface area contributed by atoms with Gasteiger partial charge in [0.2, 0.25) is 0 Å². The van der Waals surface area contributed by atoms with Gasteiger partial charge in [-0.15, -0.1) is 0 Å². The summed E-state index contributed by atoms with van der Waals surface area (Å²) in [5, 5.41) is 17.1. The number of carbonyl (C=O) groups is 2. The van der Waals surface area contributed by atoms with E-state index in [2.05, 4.69) is 10.4 Å². The second kappa shape index (κ2) is 6.57. The second-order valence-corrected chi connectivity index (χ2v) is 7.69. The highest BCUT2D eigenvalue weighted by Gasteiger charge is 2.56. The zero-order chi connectivity index (χ0) is 18.3. The summed E-state index contributed by atoms with van der Waals surface area (Å²) >= 11 is 0. The third kappa shape index (κ3) is 2.67. The Bertz CT molecular complexity index is 679. The van der Waals surface area contributed by atoms with Crippen LogP contribution in [0, 0.1) is 11.3 Å². The Labute approximate surface area is 152 Å². The lowest BCUT2D eigenvalue weighted by molar-refractivity contribution is -0.149. The molecule has 0 bridgehead atoms. The molecule has 1 aromatic heterocycles. The van der Waals surface area contributed by atoms with Gasteiger partial charge in [-0.25, -0.2) is 4.79 Å². The normalized spacial score (nSPS) is 35.8. The number of carbonyl (C=O) groups excluding carboxylic acids is 1. The number of carboxylic acid groups (broad SMARTS) is 1. The number of hydrogen-bond acceptors (Lipinski definition) is 4. The number of amides is 2. The average Bonchev–Trinajstić information content (AvgIpc) is 3.28. The number of aromatic nitrogens is 2. The van der Waals surface area contributed by atoms with Crippen LogP contribution in [0.25, 0.3) is 0 Å². The molecule has 8 heteroatoms. The lowest BCUT2D eigenvalue weighted by Crippen LogP contribution is -2.59. The average molecular weight is 362 g/mol. The molecule has 1 aromatic rings. The van der Waals surface area contributed by atoms with Crippen molar-refractivity contribution in [1.82, 2.24) is 20.0 Å². The van der Waals surface area contributed by atoms with E-state index in [0.29, 0.717) is 26.1 Å². The number of aliphatic carboxylic acids is 1. The van der Waals surface area contributed by atoms with Gasteiger partial charge in [-0.2, -0.15) is 5.10 Å². The summed E-state index contributed by atoms with van der Waals surface area (Å²) in [7, 11) is 0. The fourth-order valence-electron chi connectivity index (χ4n) is 4.97. The van der Waals surface area contributed by atoms with Gasteiger partial charge in [-0.1, -0.05) is 6.42 Å². The second-order valence-electron chi connectivity index (χ2n) is 7.69. The molecule has 3 fully saturated rings. The number of fused-ring (bicyclic) bond motifs is 1. The van der Waals surface area contributed by atoms with Crippen molar-refractivity contribution < 1.29 is 19.4 Å². The Morgan fingerprint density at radius 2 is 2.31 bits per heavy atom. The molecule has 2 N–H and O–H groups in total. The Kier molecular flexibility index (Phi) is 4.38. The molecule has 2 heterocycles. The van der Waals surface area contributed by atoms with Gasteiger partial charge >= 0.3 is 12.0 Å². The van der Waals surface area contributed by atoms with Crippen molar-refractivity contribution >= 4 is 12.0 Å². The molecule has 2 saturated carbocycles. The minimum atomic E-state index is -0.759. The number of carboxylic acids is 1. The van der Waals surface area contributed by atoms with E-state index in [0.717, 1.165) is 19.3 Å². The third-order valence-corrected chi connectivity index (χ3v) is 6.38. The predicted molar refractivity (Wildman–Crippen MR) is 92.6 cm³/mol. The number of nitrogens with one attached hydrogen (secondary N) is 1. The fourth-order valence-corrected chi connectivity index (χ4v) is 4.97. The van der Waals surface area contributed by atoms with Crippen molar-refractivity contribution in [2.45, 2.75) is 50.8 Å². The molecule has 142 valence electrons. The molecule has 0 radical (unpaired) electrons. The summed E-state index contributed by atoms with van der Waals surface area (Å²) in [6, 6.07) is 1.61. The molecule has 0 aromatic carbocycles. The van der Waals surface area contributed by atoms with Crippen LogP contribution in [0.15, 0.2) is 18.5 Å². The molecule has 5 atom stereocenters. The summed E-state index contributed by atoms with van der Waals surface area (Å²) in [5.74, 6) is -0.685. The van der Waals surface area contributed by atoms with Crippen LogP contribution in [0.3, 0.4) is 0 Å². The Balaban J connectivity index is 1.42. The molecule has 8 nitrogen and oxygen atoms in total. The van der Waals surface area contributed by atoms with Gasteiger partial charge in [0.1, 0.15) is 0 Å². The van der Waals surface area contributed by atoms with Crippen LogP contribution in [-0.4, -0.2) is 63.6 Å². The summed E-state index contributed by atoms with van der Waals surface area (Å²) in [6.07, 6.45) is 6.88. The van der Waals surface area contributed by atoms with E-state index in [9.17, 15) is 14.7 Å². The van der Waals surface area contributed by atoms with Crippen molar-refractivity contribution in [2.75, 3.05) is 19.7 Å². The number of rotatable bonds is 5. The summed E-state index contributed by atoms with van der Waals surface area (Å²) in [6.45, 7) is 3.43. The van der Waals surface area contributed by atoms with Crippen LogP contribution in [0.2, 0.25) is 0 Å². The highest BCUT2D eigenvalue weighted by atomic mass is 16.5. The van der Waals surface area contributed by atoms with E-state index in [1.165, 1.54) is 0 Å². The number of nitrogens with zero attached hydrogens (tertiary/aromatic N) is 3. The molecular weight excluding hydrogens is 336 g/mol. The predicted octanol–water partition coefficient (Wildman–Crippen LogP) is 1.50. The smallest absolute Gasteiger partial charge is 0.317 e. The van der Waals surface area contributed by atoms with E-state index in [4.69, 9.17) is 4.74 Å². The first-order valence-corrected chi connectivity index (χ1v) is 9.44. The number of ether oxygens (including phenoxy) is 1. The zero-order valence-electron chi connectivity index (χ0n) is 15.0. The fraction of sp³-hybridized carbons (Fsp3) is 0.722. The first kappa shape index (κ1) is 17.3. The molecular formula is C18H26N4O4. The van der Waals surface area contributed by atoms with Gasteiger partial charge in [0.05, 0.1) is 23.6 Å². The van der Waals surface area contributed by atoms with Crippen molar-refractivity contribution in [3.05, 3.63) is 18.5 Å². The van der Waals surface area contributed by atoms with Crippen molar-refractivity contribution in [3.8, 4) is 0 Å². The number of likely N-dealkylation sites (tertiary alicyclic amines) is 1. The van der Waals surface area contributed by atoms with E-state index in [-0.39, 0.29) is 30.1 Å². The Morgan fingerprint density at radius 3 is 2.96 bits per heavy atom. The Hall–Kier alpha value is -2.09. The summed E-state index contributed by atoms with van der Waals surface area (Å²) in [4.78, 5) is 26.3. The summed E-state index contributed by atoms with van der Waals surface area (Å²) in [5.41, 5.74) is -0.744. The number of urea groups is 1. The largest absolute Gasteiger partial charge is 0.481 e. The number of hydrogen-bond donors (Lipinski definition) is 2. The van der Waals surface area contributed by atoms with Gasteiger partial charge in [-0.3, -0.25) is 9.48 Å². The van der Waals surface area contributed by atoms with Gasteiger partial charge in [0.15, 0.2) is 0 Å². The van der Waals surface area contributed by atoms with Gasteiger partial charge in [0, 0.05) is 32.1 Å². The molecule has 2 aliphatic carbocycles. The molecule has 26 heavy (non-hydrogen) atoms. The highest BCUT2D eigenvalue weighted by Crippen LogP contribution is 2.49. The molecule has 1 aliphatic heterocycles. The molecule has 3 aliphatic rings. The van der Waals surface area contributed by atoms with E-state index >= 15 is 0 Å². The third-order valence-electron chi connectivity index (χ3n) is 6.38. The van der Waals surface area contributed by atoms with Gasteiger partial charge < -0.3 is 20.1 Å². The lowest BCUT2D eigenvalue weighted by atomic mass is 9.81. The quantitative estimate of drug-likeness (QED) is 0.827. The minimum absolute atomic E-state index is 0.0237. The first-order valence-electron chi connectivity index (χ1n) is 9.44. The topological polar surface area (TPSA) is 96.7 Å². The lowest BCUT2D eigenvalue weighted by Gasteiger charge is -2.44. The highest BCUT2D eigenvalue weighted by molar-refractivity contribution is 5.80. The van der Waals surface area contributed by atoms with E-state index in [1.54, 1.807) is 11.1 Å². The molecule has 4 rings (SSSR count).